The Balaban J connectivity index is 2.08. The largest absolute Gasteiger partial charge is 0.352 e. The van der Waals surface area contributed by atoms with Crippen LogP contribution in [0.2, 0.25) is 0 Å². The monoisotopic (exact) mass is 209 g/mol. The number of H-pyrrole nitrogens is 1. The molecule has 1 fully saturated rings. The van der Waals surface area contributed by atoms with Gasteiger partial charge >= 0.3 is 0 Å². The van der Waals surface area contributed by atoms with Gasteiger partial charge in [-0.1, -0.05) is 0 Å². The lowest BCUT2D eigenvalue weighted by Gasteiger charge is -2.04. The highest BCUT2D eigenvalue weighted by Crippen LogP contribution is 2.18. The van der Waals surface area contributed by atoms with Crippen LogP contribution in [0.15, 0.2) is 21.7 Å². The van der Waals surface area contributed by atoms with Crippen LogP contribution in [0.25, 0.3) is 0 Å². The van der Waals surface area contributed by atoms with Crippen LogP contribution in [0.1, 0.15) is 12.8 Å². The van der Waals surface area contributed by atoms with E-state index >= 15 is 0 Å². The summed E-state index contributed by atoms with van der Waals surface area (Å²) in [4.78, 5) is 33.5. The normalized spacial score (nSPS) is 14.9. The molecule has 1 aliphatic carbocycles. The minimum absolute atomic E-state index is 0.134. The number of nitrogens with one attached hydrogen (secondary N) is 2. The maximum absolute atomic E-state index is 11.3. The van der Waals surface area contributed by atoms with Crippen LogP contribution in [0.5, 0.6) is 0 Å². The fraction of sp³-hybridized carbons (Fsp3) is 0.444. The van der Waals surface area contributed by atoms with Crippen molar-refractivity contribution in [2.45, 2.75) is 25.4 Å². The van der Waals surface area contributed by atoms with Crippen LogP contribution >= 0.6 is 0 Å². The van der Waals surface area contributed by atoms with Crippen molar-refractivity contribution in [2.24, 2.45) is 0 Å². The highest BCUT2D eigenvalue weighted by Gasteiger charge is 2.23. The van der Waals surface area contributed by atoms with Crippen molar-refractivity contribution < 1.29 is 4.79 Å². The van der Waals surface area contributed by atoms with Gasteiger partial charge in [0.1, 0.15) is 6.54 Å². The van der Waals surface area contributed by atoms with E-state index in [2.05, 4.69) is 10.4 Å². The van der Waals surface area contributed by atoms with Gasteiger partial charge in [0.25, 0.3) is 11.1 Å². The van der Waals surface area contributed by atoms with Gasteiger partial charge in [0, 0.05) is 18.2 Å². The third-order valence-corrected chi connectivity index (χ3v) is 2.13. The summed E-state index contributed by atoms with van der Waals surface area (Å²) in [6, 6.07) is 2.53. The molecule has 0 atom stereocenters. The van der Waals surface area contributed by atoms with Crippen LogP contribution in [-0.2, 0) is 11.3 Å². The van der Waals surface area contributed by atoms with Crippen molar-refractivity contribution >= 4 is 5.91 Å². The Morgan fingerprint density at radius 2 is 2.20 bits per heavy atom. The lowest BCUT2D eigenvalue weighted by molar-refractivity contribution is -0.122. The molecule has 0 radical (unpaired) electrons. The van der Waals surface area contributed by atoms with Crippen LogP contribution < -0.4 is 16.4 Å². The number of aromatic nitrogens is 2. The van der Waals surface area contributed by atoms with Crippen LogP contribution in [0, 0.1) is 0 Å². The number of nitrogens with zero attached hydrogens (tertiary/aromatic N) is 1. The fourth-order valence-corrected chi connectivity index (χ4v) is 1.22. The van der Waals surface area contributed by atoms with E-state index < -0.39 is 5.56 Å². The van der Waals surface area contributed by atoms with Gasteiger partial charge in [0.05, 0.1) is 0 Å². The molecule has 0 bridgehead atoms. The molecule has 80 valence electrons. The Morgan fingerprint density at radius 1 is 1.47 bits per heavy atom. The molecule has 6 heteroatoms. The average Bonchev–Trinajstić information content (AvgIpc) is 2.95. The summed E-state index contributed by atoms with van der Waals surface area (Å²) >= 11 is 0. The van der Waals surface area contributed by atoms with Crippen LogP contribution in [-0.4, -0.2) is 21.7 Å². The van der Waals surface area contributed by atoms with E-state index in [1.807, 2.05) is 0 Å². The minimum Gasteiger partial charge on any atom is -0.352 e. The Kier molecular flexibility index (Phi) is 2.40. The molecule has 1 heterocycles. The van der Waals surface area contributed by atoms with Gasteiger partial charge in [-0.25, -0.2) is 4.68 Å². The average molecular weight is 209 g/mol. The van der Waals surface area contributed by atoms with E-state index in [1.165, 1.54) is 0 Å². The molecule has 0 unspecified atom stereocenters. The SMILES string of the molecule is O=C(Cn1[nH]c(=O)ccc1=O)NC1CC1. The molecule has 1 amide bonds. The Morgan fingerprint density at radius 3 is 2.87 bits per heavy atom. The first-order valence-electron chi connectivity index (χ1n) is 4.75. The molecule has 15 heavy (non-hydrogen) atoms. The zero-order valence-corrected chi connectivity index (χ0v) is 8.03. The number of hydrogen-bond acceptors (Lipinski definition) is 3. The number of carbonyl (C=O) groups is 1. The summed E-state index contributed by atoms with van der Waals surface area (Å²) in [6.07, 6.45) is 1.98. The quantitative estimate of drug-likeness (QED) is 0.657. The van der Waals surface area contributed by atoms with E-state index in [0.717, 1.165) is 29.7 Å². The molecule has 1 aromatic rings. The molecule has 0 saturated heterocycles. The Hall–Kier alpha value is -1.85. The van der Waals surface area contributed by atoms with E-state index in [4.69, 9.17) is 0 Å². The molecule has 2 N–H and O–H groups in total. The first-order valence-corrected chi connectivity index (χ1v) is 4.75. The number of rotatable bonds is 3. The smallest absolute Gasteiger partial charge is 0.265 e. The molecule has 6 nitrogen and oxygen atoms in total. The molecule has 2 rings (SSSR count). The predicted octanol–water partition coefficient (Wildman–Crippen LogP) is -1.18. The van der Waals surface area contributed by atoms with E-state index in [1.54, 1.807) is 0 Å². The highest BCUT2D eigenvalue weighted by molar-refractivity contribution is 5.76. The summed E-state index contributed by atoms with van der Waals surface area (Å²) in [7, 11) is 0. The first kappa shape index (κ1) is 9.70. The van der Waals surface area contributed by atoms with E-state index in [-0.39, 0.29) is 24.1 Å². The lowest BCUT2D eigenvalue weighted by atomic mass is 10.5. The zero-order chi connectivity index (χ0) is 10.8. The third kappa shape index (κ3) is 2.55. The molecular weight excluding hydrogens is 198 g/mol. The van der Waals surface area contributed by atoms with Gasteiger partial charge in [0.2, 0.25) is 5.91 Å². The molecule has 1 aromatic heterocycles. The van der Waals surface area contributed by atoms with Gasteiger partial charge in [-0.3, -0.25) is 19.5 Å². The predicted molar refractivity (Wildman–Crippen MR) is 52.5 cm³/mol. The summed E-state index contributed by atoms with van der Waals surface area (Å²) in [5, 5.41) is 5.02. The number of amides is 1. The van der Waals surface area contributed by atoms with Gasteiger partial charge in [-0.2, -0.15) is 0 Å². The number of hydrogen-bond donors (Lipinski definition) is 2. The standard InChI is InChI=1S/C9H11N3O3/c13-7-3-4-9(15)12(11-7)5-8(14)10-6-1-2-6/h3-4,6H,1-2,5H2,(H,10,14)(H,11,13). The summed E-state index contributed by atoms with van der Waals surface area (Å²) in [6.45, 7) is -0.134. The van der Waals surface area contributed by atoms with Gasteiger partial charge in [-0.15, -0.1) is 0 Å². The summed E-state index contributed by atoms with van der Waals surface area (Å²) in [5.74, 6) is -0.249. The topological polar surface area (TPSA) is 84.0 Å². The molecule has 0 spiro atoms. The first-order chi connectivity index (χ1) is 7.15. The second kappa shape index (κ2) is 3.72. The molecule has 0 aromatic carbocycles. The minimum atomic E-state index is -0.395. The van der Waals surface area contributed by atoms with Crippen LogP contribution in [0.3, 0.4) is 0 Å². The van der Waals surface area contributed by atoms with E-state index in [9.17, 15) is 14.4 Å². The van der Waals surface area contributed by atoms with Crippen molar-refractivity contribution in [1.29, 1.82) is 0 Å². The van der Waals surface area contributed by atoms with Crippen molar-refractivity contribution in [3.63, 3.8) is 0 Å². The zero-order valence-electron chi connectivity index (χ0n) is 8.03. The Labute approximate surface area is 84.9 Å². The third-order valence-electron chi connectivity index (χ3n) is 2.13. The molecule has 1 saturated carbocycles. The van der Waals surface area contributed by atoms with Crippen molar-refractivity contribution in [2.75, 3.05) is 0 Å². The lowest BCUT2D eigenvalue weighted by Crippen LogP contribution is -2.36. The Bertz CT molecular complexity index is 484. The number of aromatic amines is 1. The summed E-state index contributed by atoms with van der Waals surface area (Å²) < 4.78 is 1.00. The maximum Gasteiger partial charge on any atom is 0.265 e. The van der Waals surface area contributed by atoms with Crippen molar-refractivity contribution in [3.05, 3.63) is 32.8 Å². The molecule has 0 aliphatic heterocycles. The van der Waals surface area contributed by atoms with E-state index in [0.29, 0.717) is 0 Å². The van der Waals surface area contributed by atoms with Crippen molar-refractivity contribution in [3.8, 4) is 0 Å². The van der Waals surface area contributed by atoms with Gasteiger partial charge < -0.3 is 5.32 Å². The van der Waals surface area contributed by atoms with Gasteiger partial charge in [-0.05, 0) is 12.8 Å². The fourth-order valence-electron chi connectivity index (χ4n) is 1.22. The summed E-state index contributed by atoms with van der Waals surface area (Å²) in [5.41, 5.74) is -0.783. The van der Waals surface area contributed by atoms with Crippen molar-refractivity contribution in [1.82, 2.24) is 15.1 Å². The molecule has 1 aliphatic rings. The highest BCUT2D eigenvalue weighted by atomic mass is 16.2. The second-order valence-corrected chi connectivity index (χ2v) is 3.58. The van der Waals surface area contributed by atoms with Crippen LogP contribution in [0.4, 0.5) is 0 Å². The van der Waals surface area contributed by atoms with Gasteiger partial charge in [0.15, 0.2) is 0 Å². The maximum atomic E-state index is 11.3. The second-order valence-electron chi connectivity index (χ2n) is 3.58. The molecular formula is C9H11N3O3. The number of carbonyl (C=O) groups excluding carboxylic acids is 1.